The van der Waals surface area contributed by atoms with Crippen LogP contribution in [0.3, 0.4) is 0 Å². The average molecular weight is 525 g/mol. The van der Waals surface area contributed by atoms with Crippen molar-refractivity contribution in [2.24, 2.45) is 0 Å². The summed E-state index contributed by atoms with van der Waals surface area (Å²) in [6.45, 7) is 9.88. The summed E-state index contributed by atoms with van der Waals surface area (Å²) in [5.74, 6) is 0. The number of rotatable bonds is 18. The smallest absolute Gasteiger partial charge is 0.0777 e. The Labute approximate surface area is 216 Å². The molecule has 0 aromatic carbocycles. The third kappa shape index (κ3) is 52.3. The second kappa shape index (κ2) is 29.4. The second-order valence-corrected chi connectivity index (χ2v) is 11.4. The molecule has 0 bridgehead atoms. The lowest BCUT2D eigenvalue weighted by Gasteiger charge is -2.22. The van der Waals surface area contributed by atoms with E-state index in [4.69, 9.17) is 5.73 Å². The molecule has 0 aliphatic rings. The highest BCUT2D eigenvalue weighted by Crippen LogP contribution is 2.12. The SMILES string of the molecule is CCCCCCCCCCCCCCCC[NH-].CCC[N+](C)(C)C.CCC[N+](C)(C)C.[Br-]. The maximum Gasteiger partial charge on any atom is 0.0777 e. The van der Waals surface area contributed by atoms with Crippen molar-refractivity contribution in [1.29, 1.82) is 0 Å². The standard InChI is InChI=1S/C16H34N.2C6H16N.BrH/c1-2-3-4-5-6-7-8-9-10-11-12-13-14-15-16-17;2*1-5-6-7(2,3)4;/h17H,2-16H2,1H3;2*5-6H2,1-4H3;1H/q-1;2*+1;/p-1. The molecule has 0 rings (SSSR count). The van der Waals surface area contributed by atoms with Crippen LogP contribution in [-0.4, -0.2) is 70.9 Å². The molecular formula is C28H66BrN3. The minimum atomic E-state index is 0. The van der Waals surface area contributed by atoms with E-state index in [0.717, 1.165) is 15.4 Å². The van der Waals surface area contributed by atoms with Gasteiger partial charge in [-0.15, -0.1) is 0 Å². The molecule has 0 atom stereocenters. The summed E-state index contributed by atoms with van der Waals surface area (Å²) >= 11 is 0. The minimum absolute atomic E-state index is 0. The van der Waals surface area contributed by atoms with E-state index in [1.54, 1.807) is 0 Å². The molecule has 0 aromatic rings. The Kier molecular flexibility index (Phi) is 36.3. The minimum Gasteiger partial charge on any atom is -1.00 e. The van der Waals surface area contributed by atoms with E-state index in [0.29, 0.717) is 6.54 Å². The molecule has 0 fully saturated rings. The van der Waals surface area contributed by atoms with Gasteiger partial charge in [0.15, 0.2) is 0 Å². The van der Waals surface area contributed by atoms with Crippen LogP contribution in [0, 0.1) is 0 Å². The average Bonchev–Trinajstić information content (AvgIpc) is 2.65. The number of hydrogen-bond acceptors (Lipinski definition) is 0. The van der Waals surface area contributed by atoms with Gasteiger partial charge in [0.05, 0.1) is 55.4 Å². The zero-order valence-corrected chi connectivity index (χ0v) is 25.8. The van der Waals surface area contributed by atoms with Gasteiger partial charge < -0.3 is 31.7 Å². The lowest BCUT2D eigenvalue weighted by Crippen LogP contribution is -3.00. The lowest BCUT2D eigenvalue weighted by atomic mass is 10.0. The molecule has 0 aromatic heterocycles. The summed E-state index contributed by atoms with van der Waals surface area (Å²) in [5.41, 5.74) is 7.06. The first-order valence-corrected chi connectivity index (χ1v) is 13.8. The fourth-order valence-electron chi connectivity index (χ4n) is 3.66. The van der Waals surface area contributed by atoms with Gasteiger partial charge in [-0.25, -0.2) is 0 Å². The maximum atomic E-state index is 7.06. The molecule has 1 N–H and O–H groups in total. The van der Waals surface area contributed by atoms with Crippen molar-refractivity contribution in [3.05, 3.63) is 5.73 Å². The summed E-state index contributed by atoms with van der Waals surface area (Å²) in [5, 5.41) is 0. The van der Waals surface area contributed by atoms with Crippen LogP contribution in [0.1, 0.15) is 124 Å². The topological polar surface area (TPSA) is 23.8 Å². The first-order chi connectivity index (χ1) is 14.5. The summed E-state index contributed by atoms with van der Waals surface area (Å²) in [4.78, 5) is 0. The highest BCUT2D eigenvalue weighted by atomic mass is 79.9. The van der Waals surface area contributed by atoms with E-state index in [2.05, 4.69) is 63.1 Å². The van der Waals surface area contributed by atoms with Gasteiger partial charge in [0, 0.05) is 0 Å². The molecule has 3 nitrogen and oxygen atoms in total. The monoisotopic (exact) mass is 523 g/mol. The van der Waals surface area contributed by atoms with Gasteiger partial charge in [-0.3, -0.25) is 0 Å². The molecule has 0 aliphatic heterocycles. The molecule has 0 spiro atoms. The van der Waals surface area contributed by atoms with Crippen molar-refractivity contribution < 1.29 is 25.9 Å². The number of unbranched alkanes of at least 4 members (excludes halogenated alkanes) is 13. The predicted octanol–water partition coefficient (Wildman–Crippen LogP) is 5.73. The molecule has 0 heterocycles. The van der Waals surface area contributed by atoms with Crippen LogP contribution in [0.15, 0.2) is 0 Å². The number of nitrogens with zero attached hydrogens (tertiary/aromatic N) is 2. The Morgan fingerprint density at radius 1 is 0.406 bits per heavy atom. The third-order valence-electron chi connectivity index (χ3n) is 5.32. The van der Waals surface area contributed by atoms with Crippen LogP contribution < -0.4 is 17.0 Å². The lowest BCUT2D eigenvalue weighted by molar-refractivity contribution is -0.870. The molecule has 0 unspecified atom stereocenters. The van der Waals surface area contributed by atoms with Gasteiger partial charge >= 0.3 is 0 Å². The van der Waals surface area contributed by atoms with Crippen LogP contribution in [0.2, 0.25) is 0 Å². The molecule has 0 aliphatic carbocycles. The number of hydrogen-bond donors (Lipinski definition) is 0. The van der Waals surface area contributed by atoms with Crippen molar-refractivity contribution in [2.75, 3.05) is 61.9 Å². The Balaban J connectivity index is -0.000000217. The molecule has 0 amide bonds. The first kappa shape index (κ1) is 39.6. The van der Waals surface area contributed by atoms with Gasteiger partial charge in [-0.1, -0.05) is 111 Å². The van der Waals surface area contributed by atoms with Crippen molar-refractivity contribution >= 4 is 0 Å². The van der Waals surface area contributed by atoms with Gasteiger partial charge in [0.25, 0.3) is 0 Å². The Morgan fingerprint density at radius 2 is 0.656 bits per heavy atom. The third-order valence-corrected chi connectivity index (χ3v) is 5.32. The number of halogens is 1. The van der Waals surface area contributed by atoms with Crippen molar-refractivity contribution in [1.82, 2.24) is 0 Å². The summed E-state index contributed by atoms with van der Waals surface area (Å²) in [6, 6.07) is 0. The summed E-state index contributed by atoms with van der Waals surface area (Å²) in [6.07, 6.45) is 22.1. The van der Waals surface area contributed by atoms with E-state index in [9.17, 15) is 0 Å². The van der Waals surface area contributed by atoms with E-state index < -0.39 is 0 Å². The van der Waals surface area contributed by atoms with Gasteiger partial charge in [0.1, 0.15) is 0 Å². The second-order valence-electron chi connectivity index (χ2n) is 11.4. The van der Waals surface area contributed by atoms with Gasteiger partial charge in [0.2, 0.25) is 0 Å². The van der Waals surface area contributed by atoms with Gasteiger partial charge in [-0.05, 0) is 12.8 Å². The first-order valence-electron chi connectivity index (χ1n) is 13.8. The zero-order valence-electron chi connectivity index (χ0n) is 24.2. The molecule has 0 saturated heterocycles. The van der Waals surface area contributed by atoms with Crippen molar-refractivity contribution in [3.8, 4) is 0 Å². The Hall–Kier alpha value is 0.360. The largest absolute Gasteiger partial charge is 1.00 e. The zero-order chi connectivity index (χ0) is 24.4. The summed E-state index contributed by atoms with van der Waals surface area (Å²) in [7, 11) is 13.3. The quantitative estimate of drug-likeness (QED) is 0.162. The van der Waals surface area contributed by atoms with E-state index in [-0.39, 0.29) is 17.0 Å². The molecule has 32 heavy (non-hydrogen) atoms. The van der Waals surface area contributed by atoms with Crippen molar-refractivity contribution in [3.63, 3.8) is 0 Å². The Bertz CT molecular complexity index is 279. The predicted molar refractivity (Wildman–Crippen MR) is 146 cm³/mol. The highest BCUT2D eigenvalue weighted by molar-refractivity contribution is 4.52. The molecule has 4 heteroatoms. The number of quaternary nitrogens is 2. The van der Waals surface area contributed by atoms with Gasteiger partial charge in [-0.2, -0.15) is 6.54 Å². The van der Waals surface area contributed by atoms with Crippen LogP contribution in [0.5, 0.6) is 0 Å². The van der Waals surface area contributed by atoms with E-state index in [1.807, 2.05) is 0 Å². The normalized spacial score (nSPS) is 11.1. The van der Waals surface area contributed by atoms with Crippen LogP contribution in [0.4, 0.5) is 0 Å². The Morgan fingerprint density at radius 3 is 0.812 bits per heavy atom. The van der Waals surface area contributed by atoms with Crippen molar-refractivity contribution in [2.45, 2.75) is 124 Å². The molecule has 0 radical (unpaired) electrons. The number of nitrogens with one attached hydrogen (secondary N) is 1. The van der Waals surface area contributed by atoms with E-state index in [1.165, 1.54) is 109 Å². The fraction of sp³-hybridized carbons (Fsp3) is 1.00. The van der Waals surface area contributed by atoms with Crippen LogP contribution in [-0.2, 0) is 0 Å². The molecule has 0 saturated carbocycles. The maximum absolute atomic E-state index is 7.06. The molecular weight excluding hydrogens is 458 g/mol. The summed E-state index contributed by atoms with van der Waals surface area (Å²) < 4.78 is 2.19. The molecule has 200 valence electrons. The highest BCUT2D eigenvalue weighted by Gasteiger charge is 2.02. The van der Waals surface area contributed by atoms with E-state index >= 15 is 0 Å². The fourth-order valence-corrected chi connectivity index (χ4v) is 3.66. The van der Waals surface area contributed by atoms with Crippen LogP contribution >= 0.6 is 0 Å². The van der Waals surface area contributed by atoms with Crippen LogP contribution in [0.25, 0.3) is 5.73 Å².